The van der Waals surface area contributed by atoms with Crippen molar-refractivity contribution in [1.82, 2.24) is 15.1 Å². The molecule has 0 saturated heterocycles. The second kappa shape index (κ2) is 4.17. The van der Waals surface area contributed by atoms with Crippen LogP contribution in [-0.4, -0.2) is 15.1 Å². The van der Waals surface area contributed by atoms with Crippen molar-refractivity contribution in [2.75, 3.05) is 0 Å². The summed E-state index contributed by atoms with van der Waals surface area (Å²) in [6.07, 6.45) is 4.90. The first-order valence-electron chi connectivity index (χ1n) is 5.21. The van der Waals surface area contributed by atoms with Crippen molar-refractivity contribution < 1.29 is 4.52 Å². The smallest absolute Gasteiger partial charge is 0.166 e. The van der Waals surface area contributed by atoms with Crippen LogP contribution in [0.5, 0.6) is 0 Å². The number of benzene rings is 1. The van der Waals surface area contributed by atoms with Gasteiger partial charge in [0, 0.05) is 23.4 Å². The molecule has 17 heavy (non-hydrogen) atoms. The fraction of sp³-hybridized carbons (Fsp3) is 0. The van der Waals surface area contributed by atoms with Gasteiger partial charge in [-0.15, -0.1) is 0 Å². The average molecular weight is 223 g/mol. The van der Waals surface area contributed by atoms with Gasteiger partial charge in [-0.1, -0.05) is 29.4 Å². The van der Waals surface area contributed by atoms with Gasteiger partial charge in [-0.2, -0.15) is 0 Å². The van der Waals surface area contributed by atoms with E-state index in [-0.39, 0.29) is 0 Å². The van der Waals surface area contributed by atoms with Crippen molar-refractivity contribution in [2.24, 2.45) is 0 Å². The zero-order valence-electron chi connectivity index (χ0n) is 8.95. The fourth-order valence-electron chi connectivity index (χ4n) is 1.63. The van der Waals surface area contributed by atoms with Crippen LogP contribution in [0.15, 0.2) is 59.6 Å². The van der Waals surface area contributed by atoms with Crippen LogP contribution in [0.3, 0.4) is 0 Å². The summed E-state index contributed by atoms with van der Waals surface area (Å²) >= 11 is 0. The normalized spacial score (nSPS) is 10.4. The summed E-state index contributed by atoms with van der Waals surface area (Å²) in [6, 6.07) is 11.7. The number of nitrogens with zero attached hydrogens (tertiary/aromatic N) is 3. The maximum atomic E-state index is 5.09. The average Bonchev–Trinajstić information content (AvgIpc) is 2.94. The van der Waals surface area contributed by atoms with Crippen LogP contribution in [0.1, 0.15) is 0 Å². The Morgan fingerprint density at radius 3 is 2.29 bits per heavy atom. The summed E-state index contributed by atoms with van der Waals surface area (Å²) < 4.78 is 5.09. The van der Waals surface area contributed by atoms with Crippen LogP contribution in [0.25, 0.3) is 22.6 Å². The maximum absolute atomic E-state index is 5.09. The molecule has 4 heteroatoms. The third-order valence-electron chi connectivity index (χ3n) is 2.48. The van der Waals surface area contributed by atoms with E-state index in [0.717, 1.165) is 22.6 Å². The van der Waals surface area contributed by atoms with E-state index in [1.54, 1.807) is 18.7 Å². The van der Waals surface area contributed by atoms with Crippen LogP contribution in [0.2, 0.25) is 0 Å². The lowest BCUT2D eigenvalue weighted by Gasteiger charge is -2.00. The molecule has 0 fully saturated rings. The summed E-state index contributed by atoms with van der Waals surface area (Å²) in [5.74, 6) is 0.763. The lowest BCUT2D eigenvalue weighted by molar-refractivity contribution is 0.432. The highest BCUT2D eigenvalue weighted by atomic mass is 16.5. The Morgan fingerprint density at radius 1 is 0.824 bits per heavy atom. The molecule has 0 aliphatic heterocycles. The zero-order chi connectivity index (χ0) is 11.5. The van der Waals surface area contributed by atoms with E-state index >= 15 is 0 Å². The molecule has 0 unspecified atom stereocenters. The van der Waals surface area contributed by atoms with Gasteiger partial charge in [-0.05, 0) is 6.07 Å². The first kappa shape index (κ1) is 9.72. The molecule has 1 aromatic carbocycles. The summed E-state index contributed by atoms with van der Waals surface area (Å²) in [4.78, 5) is 8.09. The number of hydrogen-bond donors (Lipinski definition) is 0. The Morgan fingerprint density at radius 2 is 1.65 bits per heavy atom. The van der Waals surface area contributed by atoms with Crippen LogP contribution >= 0.6 is 0 Å². The third kappa shape index (κ3) is 1.92. The Kier molecular flexibility index (Phi) is 2.38. The number of rotatable bonds is 2. The highest BCUT2D eigenvalue weighted by Crippen LogP contribution is 2.22. The summed E-state index contributed by atoms with van der Waals surface area (Å²) in [7, 11) is 0. The van der Waals surface area contributed by atoms with Gasteiger partial charge < -0.3 is 4.52 Å². The van der Waals surface area contributed by atoms with E-state index in [1.807, 2.05) is 36.4 Å². The third-order valence-corrected chi connectivity index (χ3v) is 2.48. The minimum Gasteiger partial charge on any atom is -0.356 e. The van der Waals surface area contributed by atoms with Crippen molar-refractivity contribution >= 4 is 0 Å². The molecule has 0 atom stereocenters. The first-order chi connectivity index (χ1) is 8.43. The second-order valence-electron chi connectivity index (χ2n) is 3.55. The van der Waals surface area contributed by atoms with E-state index in [9.17, 15) is 0 Å². The molecule has 0 aliphatic carbocycles. The number of aromatic nitrogens is 3. The molecule has 3 aromatic rings. The van der Waals surface area contributed by atoms with Gasteiger partial charge in [0.25, 0.3) is 0 Å². The Balaban J connectivity index is 1.96. The zero-order valence-corrected chi connectivity index (χ0v) is 8.95. The Hall–Kier alpha value is -2.49. The molecule has 0 amide bonds. The second-order valence-corrected chi connectivity index (χ2v) is 3.55. The topological polar surface area (TPSA) is 51.8 Å². The van der Waals surface area contributed by atoms with Crippen LogP contribution < -0.4 is 0 Å². The van der Waals surface area contributed by atoms with Crippen LogP contribution in [0, 0.1) is 0 Å². The summed E-state index contributed by atoms with van der Waals surface area (Å²) in [5.41, 5.74) is 2.96. The SMILES string of the molecule is c1cc(-c2ccc(-c3ccno3)cc2)ncn1. The quantitative estimate of drug-likeness (QED) is 0.670. The minimum absolute atomic E-state index is 0.763. The Labute approximate surface area is 98.0 Å². The van der Waals surface area contributed by atoms with E-state index in [2.05, 4.69) is 15.1 Å². The van der Waals surface area contributed by atoms with Gasteiger partial charge in [-0.25, -0.2) is 9.97 Å². The van der Waals surface area contributed by atoms with Gasteiger partial charge in [0.1, 0.15) is 6.33 Å². The molecule has 82 valence electrons. The van der Waals surface area contributed by atoms with Gasteiger partial charge in [0.15, 0.2) is 5.76 Å². The van der Waals surface area contributed by atoms with E-state index in [4.69, 9.17) is 4.52 Å². The van der Waals surface area contributed by atoms with Crippen LogP contribution in [0.4, 0.5) is 0 Å². The molecule has 2 heterocycles. The van der Waals surface area contributed by atoms with Gasteiger partial charge in [0.2, 0.25) is 0 Å². The molecule has 3 rings (SSSR count). The van der Waals surface area contributed by atoms with Crippen LogP contribution in [-0.2, 0) is 0 Å². The van der Waals surface area contributed by atoms with E-state index in [0.29, 0.717) is 0 Å². The van der Waals surface area contributed by atoms with Gasteiger partial charge >= 0.3 is 0 Å². The fourth-order valence-corrected chi connectivity index (χ4v) is 1.63. The molecule has 0 aliphatic rings. The van der Waals surface area contributed by atoms with Crippen molar-refractivity contribution in [1.29, 1.82) is 0 Å². The lowest BCUT2D eigenvalue weighted by atomic mass is 10.1. The standard InChI is InChI=1S/C13H9N3O/c1-3-11(13-6-8-16-17-13)4-2-10(1)12-5-7-14-9-15-12/h1-9H. The maximum Gasteiger partial charge on any atom is 0.166 e. The molecular weight excluding hydrogens is 214 g/mol. The molecule has 4 nitrogen and oxygen atoms in total. The monoisotopic (exact) mass is 223 g/mol. The molecule has 0 N–H and O–H groups in total. The molecule has 0 spiro atoms. The highest BCUT2D eigenvalue weighted by Gasteiger charge is 2.03. The van der Waals surface area contributed by atoms with Crippen molar-refractivity contribution in [3.8, 4) is 22.6 Å². The van der Waals surface area contributed by atoms with Gasteiger partial charge in [-0.3, -0.25) is 0 Å². The van der Waals surface area contributed by atoms with Gasteiger partial charge in [0.05, 0.1) is 11.9 Å². The predicted molar refractivity (Wildman–Crippen MR) is 63.0 cm³/mol. The molecule has 0 bridgehead atoms. The minimum atomic E-state index is 0.763. The largest absolute Gasteiger partial charge is 0.356 e. The Bertz CT molecular complexity index is 588. The number of hydrogen-bond acceptors (Lipinski definition) is 4. The van der Waals surface area contributed by atoms with E-state index in [1.165, 1.54) is 0 Å². The molecule has 2 aromatic heterocycles. The summed E-state index contributed by atoms with van der Waals surface area (Å²) in [5, 5.41) is 3.68. The molecular formula is C13H9N3O. The lowest BCUT2D eigenvalue weighted by Crippen LogP contribution is -1.83. The van der Waals surface area contributed by atoms with Crippen molar-refractivity contribution in [3.05, 3.63) is 55.1 Å². The van der Waals surface area contributed by atoms with Crippen molar-refractivity contribution in [2.45, 2.75) is 0 Å². The van der Waals surface area contributed by atoms with Crippen molar-refractivity contribution in [3.63, 3.8) is 0 Å². The summed E-state index contributed by atoms with van der Waals surface area (Å²) in [6.45, 7) is 0. The highest BCUT2D eigenvalue weighted by molar-refractivity contribution is 5.65. The molecule has 0 radical (unpaired) electrons. The van der Waals surface area contributed by atoms with E-state index < -0.39 is 0 Å². The predicted octanol–water partition coefficient (Wildman–Crippen LogP) is 2.80. The first-order valence-corrected chi connectivity index (χ1v) is 5.21. The molecule has 0 saturated carbocycles.